The molecule has 0 amide bonds. The van der Waals surface area contributed by atoms with E-state index in [1.165, 1.54) is 12.1 Å². The lowest BCUT2D eigenvalue weighted by Gasteiger charge is -2.24. The van der Waals surface area contributed by atoms with Crippen LogP contribution < -0.4 is 4.74 Å². The quantitative estimate of drug-likeness (QED) is 0.376. The van der Waals surface area contributed by atoms with Crippen LogP contribution in [-0.4, -0.2) is 56.8 Å². The Kier molecular flexibility index (Phi) is 9.62. The first-order chi connectivity index (χ1) is 16.4. The molecule has 1 aliphatic rings. The predicted octanol–water partition coefficient (Wildman–Crippen LogP) is 4.74. The molecule has 2 aromatic carbocycles. The molecule has 2 atom stereocenters. The Labute approximate surface area is 200 Å². The zero-order chi connectivity index (χ0) is 24.5. The Bertz CT molecular complexity index is 970. The van der Waals surface area contributed by atoms with Gasteiger partial charge in [0.05, 0.1) is 32.3 Å². The first-order valence-corrected chi connectivity index (χ1v) is 11.6. The third-order valence-corrected chi connectivity index (χ3v) is 5.56. The minimum atomic E-state index is -0.709. The number of aliphatic hydroxyl groups excluding tert-OH is 1. The molecule has 184 valence electrons. The second-order valence-electron chi connectivity index (χ2n) is 8.57. The van der Waals surface area contributed by atoms with Gasteiger partial charge >= 0.3 is 5.97 Å². The van der Waals surface area contributed by atoms with Crippen LogP contribution in [-0.2, 0) is 19.0 Å². The van der Waals surface area contributed by atoms with Gasteiger partial charge in [-0.1, -0.05) is 32.1 Å². The van der Waals surface area contributed by atoms with Gasteiger partial charge in [-0.15, -0.1) is 0 Å². The first kappa shape index (κ1) is 25.9. The van der Waals surface area contributed by atoms with E-state index in [0.29, 0.717) is 38.6 Å². The monoisotopic (exact) mass is 472 g/mol. The molecule has 0 radical (unpaired) electrons. The van der Waals surface area contributed by atoms with Gasteiger partial charge < -0.3 is 24.1 Å². The van der Waals surface area contributed by atoms with Crippen LogP contribution in [0.4, 0.5) is 4.39 Å². The van der Waals surface area contributed by atoms with Gasteiger partial charge in [0.2, 0.25) is 0 Å². The molecule has 7 heteroatoms. The summed E-state index contributed by atoms with van der Waals surface area (Å²) in [5.41, 5.74) is 3.68. The summed E-state index contributed by atoms with van der Waals surface area (Å²) in [6, 6.07) is 10.2. The van der Waals surface area contributed by atoms with E-state index in [2.05, 4.69) is 13.8 Å². The van der Waals surface area contributed by atoms with E-state index in [9.17, 15) is 14.3 Å². The van der Waals surface area contributed by atoms with Crippen molar-refractivity contribution in [3.63, 3.8) is 0 Å². The highest BCUT2D eigenvalue weighted by Gasteiger charge is 2.25. The van der Waals surface area contributed by atoms with Crippen LogP contribution in [0, 0.1) is 5.82 Å². The summed E-state index contributed by atoms with van der Waals surface area (Å²) < 4.78 is 35.4. The Morgan fingerprint density at radius 1 is 1.15 bits per heavy atom. The topological polar surface area (TPSA) is 74.2 Å². The SMILES string of the molecule is COCCOCCOc1cc(-c2ccc(F)cc2)c(/C=C/C2CC(O)CC(=O)O2)c(C(C)C)c1. The second kappa shape index (κ2) is 12.6. The van der Waals surface area contributed by atoms with Crippen LogP contribution in [0.5, 0.6) is 5.75 Å². The van der Waals surface area contributed by atoms with Gasteiger partial charge in [-0.2, -0.15) is 0 Å². The average Bonchev–Trinajstić information content (AvgIpc) is 2.79. The minimum Gasteiger partial charge on any atom is -0.491 e. The number of halogens is 1. The van der Waals surface area contributed by atoms with Crippen molar-refractivity contribution in [1.82, 2.24) is 0 Å². The van der Waals surface area contributed by atoms with Crippen LogP contribution in [0.1, 0.15) is 43.7 Å². The maximum Gasteiger partial charge on any atom is 0.309 e. The van der Waals surface area contributed by atoms with Crippen LogP contribution in [0.25, 0.3) is 17.2 Å². The largest absolute Gasteiger partial charge is 0.491 e. The number of cyclic esters (lactones) is 1. The molecule has 2 aromatic rings. The molecule has 0 aromatic heterocycles. The Balaban J connectivity index is 1.92. The number of methoxy groups -OCH3 is 1. The molecule has 1 heterocycles. The fourth-order valence-electron chi connectivity index (χ4n) is 3.86. The predicted molar refractivity (Wildman–Crippen MR) is 128 cm³/mol. The van der Waals surface area contributed by atoms with Crippen molar-refractivity contribution in [3.8, 4) is 16.9 Å². The lowest BCUT2D eigenvalue weighted by molar-refractivity contribution is -0.156. The number of hydrogen-bond acceptors (Lipinski definition) is 6. The van der Waals surface area contributed by atoms with Gasteiger partial charge in [0, 0.05) is 13.5 Å². The molecule has 0 bridgehead atoms. The maximum absolute atomic E-state index is 13.6. The van der Waals surface area contributed by atoms with Crippen molar-refractivity contribution in [2.45, 2.75) is 44.8 Å². The molecule has 3 rings (SSSR count). The molecule has 0 spiro atoms. The number of carbonyl (C=O) groups is 1. The highest BCUT2D eigenvalue weighted by Crippen LogP contribution is 2.36. The van der Waals surface area contributed by atoms with E-state index in [1.54, 1.807) is 25.3 Å². The number of benzene rings is 2. The molecule has 1 saturated heterocycles. The highest BCUT2D eigenvalue weighted by molar-refractivity contribution is 5.79. The molecule has 0 saturated carbocycles. The summed E-state index contributed by atoms with van der Waals surface area (Å²) in [4.78, 5) is 11.7. The molecular formula is C27H33FO6. The van der Waals surface area contributed by atoms with Gasteiger partial charge in [0.15, 0.2) is 0 Å². The van der Waals surface area contributed by atoms with Crippen molar-refractivity contribution >= 4 is 12.0 Å². The van der Waals surface area contributed by atoms with Gasteiger partial charge in [0.25, 0.3) is 0 Å². The van der Waals surface area contributed by atoms with E-state index in [0.717, 1.165) is 22.3 Å². The molecule has 2 unspecified atom stereocenters. The molecule has 1 N–H and O–H groups in total. The van der Waals surface area contributed by atoms with Crippen LogP contribution in [0.3, 0.4) is 0 Å². The van der Waals surface area contributed by atoms with E-state index >= 15 is 0 Å². The van der Waals surface area contributed by atoms with Crippen molar-refractivity contribution in [2.24, 2.45) is 0 Å². The Morgan fingerprint density at radius 3 is 2.56 bits per heavy atom. The first-order valence-electron chi connectivity index (χ1n) is 11.6. The lowest BCUT2D eigenvalue weighted by atomic mass is 9.89. The van der Waals surface area contributed by atoms with Crippen molar-refractivity contribution in [3.05, 3.63) is 59.4 Å². The summed E-state index contributed by atoms with van der Waals surface area (Å²) in [7, 11) is 1.63. The average molecular weight is 473 g/mol. The molecule has 6 nitrogen and oxygen atoms in total. The standard InChI is InChI=1S/C27H33FO6/c1-18(2)25-16-23(33-13-12-32-11-10-31-3)17-26(19-4-6-20(28)7-5-19)24(25)9-8-22-14-21(29)15-27(30)34-22/h4-9,16-18,21-22,29H,10-15H2,1-3H3/b9-8+. The maximum atomic E-state index is 13.6. The summed E-state index contributed by atoms with van der Waals surface area (Å²) in [5.74, 6) is 0.135. The van der Waals surface area contributed by atoms with Crippen LogP contribution in [0.15, 0.2) is 42.5 Å². The third kappa shape index (κ3) is 7.38. The van der Waals surface area contributed by atoms with Crippen molar-refractivity contribution in [1.29, 1.82) is 0 Å². The van der Waals surface area contributed by atoms with Gasteiger partial charge in [-0.05, 0) is 58.5 Å². The number of ether oxygens (including phenoxy) is 4. The zero-order valence-corrected chi connectivity index (χ0v) is 20.0. The Morgan fingerprint density at radius 2 is 1.88 bits per heavy atom. The summed E-state index contributed by atoms with van der Waals surface area (Å²) in [5, 5.41) is 9.93. The second-order valence-corrected chi connectivity index (χ2v) is 8.57. The smallest absolute Gasteiger partial charge is 0.309 e. The third-order valence-electron chi connectivity index (χ3n) is 5.56. The summed E-state index contributed by atoms with van der Waals surface area (Å²) in [6.07, 6.45) is 2.88. The van der Waals surface area contributed by atoms with Crippen LogP contribution >= 0.6 is 0 Å². The number of esters is 1. The zero-order valence-electron chi connectivity index (χ0n) is 20.0. The lowest BCUT2D eigenvalue weighted by Crippen LogP contribution is -2.31. The van der Waals surface area contributed by atoms with E-state index in [1.807, 2.05) is 18.2 Å². The molecule has 0 aliphatic carbocycles. The van der Waals surface area contributed by atoms with Crippen molar-refractivity contribution in [2.75, 3.05) is 33.5 Å². The Hall–Kier alpha value is -2.74. The number of carbonyl (C=O) groups excluding carboxylic acids is 1. The van der Waals surface area contributed by atoms with Gasteiger partial charge in [0.1, 0.15) is 24.3 Å². The number of hydrogen-bond donors (Lipinski definition) is 1. The van der Waals surface area contributed by atoms with E-state index < -0.39 is 18.2 Å². The van der Waals surface area contributed by atoms with Gasteiger partial charge in [-0.3, -0.25) is 4.79 Å². The fourth-order valence-corrected chi connectivity index (χ4v) is 3.86. The number of rotatable bonds is 11. The summed E-state index contributed by atoms with van der Waals surface area (Å²) >= 11 is 0. The van der Waals surface area contributed by atoms with E-state index in [-0.39, 0.29) is 18.2 Å². The fraction of sp³-hybridized carbons (Fsp3) is 0.444. The van der Waals surface area contributed by atoms with Crippen LogP contribution in [0.2, 0.25) is 0 Å². The molecule has 1 aliphatic heterocycles. The molecular weight excluding hydrogens is 439 g/mol. The summed E-state index contributed by atoms with van der Waals surface area (Å²) in [6.45, 7) is 6.02. The minimum absolute atomic E-state index is 0.0175. The molecule has 1 fully saturated rings. The van der Waals surface area contributed by atoms with Crippen molar-refractivity contribution < 1.29 is 33.2 Å². The number of aliphatic hydroxyl groups is 1. The highest BCUT2D eigenvalue weighted by atomic mass is 19.1. The van der Waals surface area contributed by atoms with Gasteiger partial charge in [-0.25, -0.2) is 4.39 Å². The molecule has 34 heavy (non-hydrogen) atoms. The van der Waals surface area contributed by atoms with E-state index in [4.69, 9.17) is 18.9 Å². The normalized spacial score (nSPS) is 18.5.